The number of hydrogen-bond acceptors (Lipinski definition) is 4. The molecule has 6 heteroatoms. The molecule has 1 rings (SSSR count). The highest BCUT2D eigenvalue weighted by Gasteiger charge is 2.19. The molecule has 0 atom stereocenters. The zero-order chi connectivity index (χ0) is 10.7. The second-order valence-electron chi connectivity index (χ2n) is 2.51. The van der Waals surface area contributed by atoms with Crippen LogP contribution in [0.15, 0.2) is 6.20 Å². The van der Waals surface area contributed by atoms with Gasteiger partial charge in [0.15, 0.2) is 5.75 Å². The molecule has 78 valence electrons. The van der Waals surface area contributed by atoms with Gasteiger partial charge in [-0.3, -0.25) is 0 Å². The minimum absolute atomic E-state index is 0.182. The van der Waals surface area contributed by atoms with Crippen LogP contribution in [0.25, 0.3) is 0 Å². The van der Waals surface area contributed by atoms with E-state index in [1.54, 1.807) is 0 Å². The summed E-state index contributed by atoms with van der Waals surface area (Å²) in [5.74, 6) is -0.730. The topological polar surface area (TPSA) is 62.6 Å². The summed E-state index contributed by atoms with van der Waals surface area (Å²) in [6.07, 6.45) is -1.92. The fraction of sp³-hybridized carbons (Fsp3) is 0.375. The maximum Gasteiger partial charge on any atom is 0.265 e. The summed E-state index contributed by atoms with van der Waals surface area (Å²) >= 11 is 0. The molecule has 0 fully saturated rings. The molecule has 0 aromatic carbocycles. The average molecular weight is 205 g/mol. The second-order valence-corrected chi connectivity index (χ2v) is 2.51. The third-order valence-corrected chi connectivity index (χ3v) is 1.74. The van der Waals surface area contributed by atoms with Crippen LogP contribution in [0.2, 0.25) is 0 Å². The number of ether oxygens (including phenoxy) is 1. The molecule has 0 unspecified atom stereocenters. The third kappa shape index (κ3) is 1.74. The van der Waals surface area contributed by atoms with Gasteiger partial charge < -0.3 is 14.9 Å². The lowest BCUT2D eigenvalue weighted by atomic mass is 10.1. The molecule has 0 radical (unpaired) electrons. The van der Waals surface area contributed by atoms with E-state index in [1.807, 2.05) is 0 Å². The van der Waals surface area contributed by atoms with E-state index < -0.39 is 24.3 Å². The van der Waals surface area contributed by atoms with Gasteiger partial charge in [-0.2, -0.15) is 0 Å². The Morgan fingerprint density at radius 3 is 2.64 bits per heavy atom. The molecule has 1 heterocycles. The molecule has 0 aliphatic carbocycles. The fourth-order valence-electron chi connectivity index (χ4n) is 1.04. The van der Waals surface area contributed by atoms with Crippen molar-refractivity contribution in [2.45, 2.75) is 13.0 Å². The van der Waals surface area contributed by atoms with E-state index in [4.69, 9.17) is 5.11 Å². The van der Waals surface area contributed by atoms with Crippen LogP contribution in [0, 0.1) is 0 Å². The summed E-state index contributed by atoms with van der Waals surface area (Å²) < 4.78 is 29.3. The van der Waals surface area contributed by atoms with Gasteiger partial charge in [-0.1, -0.05) is 0 Å². The van der Waals surface area contributed by atoms with Gasteiger partial charge in [0, 0.05) is 17.3 Å². The molecule has 2 N–H and O–H groups in total. The predicted molar refractivity (Wildman–Crippen MR) is 43.3 cm³/mol. The van der Waals surface area contributed by atoms with Crippen LogP contribution in [0.1, 0.15) is 17.6 Å². The highest BCUT2D eigenvalue weighted by molar-refractivity contribution is 5.44. The van der Waals surface area contributed by atoms with Crippen molar-refractivity contribution in [3.8, 4) is 11.6 Å². The molecule has 1 aromatic rings. The Bertz CT molecular complexity index is 331. The van der Waals surface area contributed by atoms with Crippen LogP contribution in [-0.2, 0) is 6.61 Å². The summed E-state index contributed by atoms with van der Waals surface area (Å²) in [6.45, 7) is -0.690. The Labute approximate surface area is 78.8 Å². The number of nitrogens with zero attached hydrogens (tertiary/aromatic N) is 1. The van der Waals surface area contributed by atoms with Crippen molar-refractivity contribution < 1.29 is 23.7 Å². The summed E-state index contributed by atoms with van der Waals surface area (Å²) in [7, 11) is 1.24. The summed E-state index contributed by atoms with van der Waals surface area (Å²) in [5.41, 5.74) is -0.752. The van der Waals surface area contributed by atoms with E-state index in [1.165, 1.54) is 7.11 Å². The number of methoxy groups -OCH3 is 1. The van der Waals surface area contributed by atoms with Crippen LogP contribution in [0.5, 0.6) is 11.6 Å². The molecule has 14 heavy (non-hydrogen) atoms. The average Bonchev–Trinajstić information content (AvgIpc) is 2.17. The van der Waals surface area contributed by atoms with Gasteiger partial charge in [0.1, 0.15) is 0 Å². The van der Waals surface area contributed by atoms with Gasteiger partial charge in [-0.15, -0.1) is 0 Å². The molecule has 0 aliphatic rings. The van der Waals surface area contributed by atoms with Crippen LogP contribution < -0.4 is 4.74 Å². The molecule has 0 saturated carbocycles. The lowest BCUT2D eigenvalue weighted by molar-refractivity contribution is 0.145. The number of aromatic nitrogens is 1. The first-order valence-corrected chi connectivity index (χ1v) is 3.75. The van der Waals surface area contributed by atoms with Crippen LogP contribution in [-0.4, -0.2) is 22.3 Å². The Morgan fingerprint density at radius 2 is 2.21 bits per heavy atom. The van der Waals surface area contributed by atoms with Crippen molar-refractivity contribution in [1.29, 1.82) is 0 Å². The SMILES string of the molecule is COc1ncc(C(F)F)c(CO)c1O. The molecule has 0 spiro atoms. The molecule has 4 nitrogen and oxygen atoms in total. The number of hydrogen-bond donors (Lipinski definition) is 2. The van der Waals surface area contributed by atoms with Crippen molar-refractivity contribution >= 4 is 0 Å². The summed E-state index contributed by atoms with van der Waals surface area (Å²) in [6, 6.07) is 0. The first kappa shape index (κ1) is 10.6. The molecule has 1 aromatic heterocycles. The maximum atomic E-state index is 12.3. The fourth-order valence-corrected chi connectivity index (χ4v) is 1.04. The number of halogens is 2. The van der Waals surface area contributed by atoms with Crippen LogP contribution in [0.3, 0.4) is 0 Å². The van der Waals surface area contributed by atoms with Crippen molar-refractivity contribution in [3.63, 3.8) is 0 Å². The highest BCUT2D eigenvalue weighted by atomic mass is 19.3. The van der Waals surface area contributed by atoms with E-state index in [0.29, 0.717) is 0 Å². The Balaban J connectivity index is 3.28. The highest BCUT2D eigenvalue weighted by Crippen LogP contribution is 2.34. The Hall–Kier alpha value is -1.43. The first-order valence-electron chi connectivity index (χ1n) is 3.75. The number of aromatic hydroxyl groups is 1. The predicted octanol–water partition coefficient (Wildman–Crippen LogP) is 1.23. The number of rotatable bonds is 3. The molecule has 0 amide bonds. The quantitative estimate of drug-likeness (QED) is 0.778. The molecule has 0 bridgehead atoms. The van der Waals surface area contributed by atoms with E-state index in [2.05, 4.69) is 9.72 Å². The van der Waals surface area contributed by atoms with Crippen LogP contribution in [0.4, 0.5) is 8.78 Å². The van der Waals surface area contributed by atoms with E-state index in [9.17, 15) is 13.9 Å². The van der Waals surface area contributed by atoms with Gasteiger partial charge in [-0.25, -0.2) is 13.8 Å². The maximum absolute atomic E-state index is 12.3. The third-order valence-electron chi connectivity index (χ3n) is 1.74. The largest absolute Gasteiger partial charge is 0.503 e. The van der Waals surface area contributed by atoms with Gasteiger partial charge in [-0.05, 0) is 0 Å². The van der Waals surface area contributed by atoms with Crippen molar-refractivity contribution in [2.75, 3.05) is 7.11 Å². The lowest BCUT2D eigenvalue weighted by Gasteiger charge is -2.10. The zero-order valence-electron chi connectivity index (χ0n) is 7.37. The minimum atomic E-state index is -2.79. The van der Waals surface area contributed by atoms with Gasteiger partial charge >= 0.3 is 0 Å². The van der Waals surface area contributed by atoms with Crippen molar-refractivity contribution in [2.24, 2.45) is 0 Å². The number of pyridine rings is 1. The molecular formula is C8H9F2NO3. The minimum Gasteiger partial charge on any atom is -0.503 e. The van der Waals surface area contributed by atoms with E-state index in [0.717, 1.165) is 6.20 Å². The molecule has 0 saturated heterocycles. The molecular weight excluding hydrogens is 196 g/mol. The monoisotopic (exact) mass is 205 g/mol. The normalized spacial score (nSPS) is 10.6. The Morgan fingerprint density at radius 1 is 1.57 bits per heavy atom. The first-order chi connectivity index (χ1) is 6.61. The molecule has 0 aliphatic heterocycles. The summed E-state index contributed by atoms with van der Waals surface area (Å²) in [4.78, 5) is 3.46. The van der Waals surface area contributed by atoms with Crippen molar-refractivity contribution in [3.05, 3.63) is 17.3 Å². The van der Waals surface area contributed by atoms with E-state index in [-0.39, 0.29) is 11.4 Å². The van der Waals surface area contributed by atoms with Gasteiger partial charge in [0.2, 0.25) is 0 Å². The van der Waals surface area contributed by atoms with Gasteiger partial charge in [0.25, 0.3) is 12.3 Å². The number of alkyl halides is 2. The standard InChI is InChI=1S/C8H9F2NO3/c1-14-8-6(13)5(3-12)4(2-11-8)7(9)10/h2,7,12-13H,3H2,1H3. The second kappa shape index (κ2) is 4.19. The van der Waals surface area contributed by atoms with Gasteiger partial charge in [0.05, 0.1) is 13.7 Å². The smallest absolute Gasteiger partial charge is 0.265 e. The lowest BCUT2D eigenvalue weighted by Crippen LogP contribution is -1.99. The van der Waals surface area contributed by atoms with Crippen LogP contribution >= 0.6 is 0 Å². The Kier molecular flexibility index (Phi) is 3.19. The number of aliphatic hydroxyl groups is 1. The van der Waals surface area contributed by atoms with E-state index >= 15 is 0 Å². The number of aliphatic hydroxyl groups excluding tert-OH is 1. The zero-order valence-corrected chi connectivity index (χ0v) is 7.37. The van der Waals surface area contributed by atoms with Crippen molar-refractivity contribution in [1.82, 2.24) is 4.98 Å². The summed E-state index contributed by atoms with van der Waals surface area (Å²) in [5, 5.41) is 18.1.